The van der Waals surface area contributed by atoms with Crippen LogP contribution in [-0.2, 0) is 67.4 Å². The predicted octanol–water partition coefficient (Wildman–Crippen LogP) is 4.82. The number of nitrogens with zero attached hydrogens (tertiary/aromatic N) is 4. The van der Waals surface area contributed by atoms with Crippen LogP contribution in [0, 0.1) is 0 Å². The molecule has 3 aliphatic heterocycles. The number of anilines is 1. The van der Waals surface area contributed by atoms with Gasteiger partial charge in [-0.15, -0.1) is 17.7 Å². The van der Waals surface area contributed by atoms with Gasteiger partial charge in [0.1, 0.15) is 6.54 Å². The molecule has 17 nitrogen and oxygen atoms in total. The molecule has 0 spiro atoms. The number of rotatable bonds is 18. The molecule has 0 unspecified atom stereocenters. The number of amides is 2. The van der Waals surface area contributed by atoms with Crippen molar-refractivity contribution in [2.45, 2.75) is 95.4 Å². The Morgan fingerprint density at radius 2 is 1.56 bits per heavy atom. The summed E-state index contributed by atoms with van der Waals surface area (Å²) in [5.74, 6) is -2.13. The molecule has 5 rings (SSSR count). The molecule has 2 aromatic carbocycles. The van der Waals surface area contributed by atoms with Crippen LogP contribution >= 0.6 is 0 Å². The summed E-state index contributed by atoms with van der Waals surface area (Å²) in [5.41, 5.74) is 5.69. The Morgan fingerprint density at radius 1 is 0.921 bits per heavy atom. The number of hydrogen-bond acceptors (Lipinski definition) is 14. The molecule has 0 atom stereocenters. The van der Waals surface area contributed by atoms with Crippen LogP contribution in [-0.4, -0.2) is 109 Å². The SMILES string of the molecule is CCC[N+]1=C(C=CC=CC=CC=C2N(CCCS(=O)(=O)[O-])c3ccc(CN(C)CCCC(=O)ON4C(=O)CCC4=O)cc3C2(C)C)C(C)(C)c2cc(S(=O)(=O)O)ccc21.O=S(=O)=O. The number of fused-ring (bicyclic) bond motifs is 2. The standard InChI is InChI=1S/C43H54N4O10S2.O3S/c1-7-24-45-36-21-19-32(59(54,55)56)29-34(36)43(4,5)37(45)15-11-9-8-10-12-16-38-42(2,3)33-28-31(18-20-35(33)46(38)26-14-27-58(51,52)53)30-44(6)25-13-17-41(50)57-47-39(48)22-23-40(47)49;1-4(2)3/h8-12,15-16,18-21,28-29H,7,13-14,17,22-27,30H2,1-6H3,(H-,51,52,53,54,55,56);. The van der Waals surface area contributed by atoms with Gasteiger partial charge in [0, 0.05) is 79.0 Å². The summed E-state index contributed by atoms with van der Waals surface area (Å²) in [7, 11) is -9.92. The maximum absolute atomic E-state index is 12.2. The summed E-state index contributed by atoms with van der Waals surface area (Å²) in [4.78, 5) is 44.7. The summed E-state index contributed by atoms with van der Waals surface area (Å²) in [6.45, 7) is 12.5. The zero-order valence-corrected chi connectivity index (χ0v) is 38.6. The van der Waals surface area contributed by atoms with Gasteiger partial charge in [-0.05, 0) is 75.7 Å². The van der Waals surface area contributed by atoms with Crippen LogP contribution in [0.3, 0.4) is 0 Å². The van der Waals surface area contributed by atoms with Crippen molar-refractivity contribution in [1.29, 1.82) is 0 Å². The molecule has 3 aliphatic rings. The van der Waals surface area contributed by atoms with Gasteiger partial charge in [0.05, 0.1) is 20.4 Å². The molecule has 63 heavy (non-hydrogen) atoms. The third kappa shape index (κ3) is 13.2. The number of imide groups is 1. The smallest absolute Gasteiger partial charge is 0.425 e. The van der Waals surface area contributed by atoms with Crippen LogP contribution in [0.5, 0.6) is 0 Å². The van der Waals surface area contributed by atoms with Crippen LogP contribution in [0.4, 0.5) is 11.4 Å². The van der Waals surface area contributed by atoms with Gasteiger partial charge >= 0.3 is 16.6 Å². The van der Waals surface area contributed by atoms with Gasteiger partial charge in [0.2, 0.25) is 5.69 Å². The third-order valence-corrected chi connectivity index (χ3v) is 12.5. The summed E-state index contributed by atoms with van der Waals surface area (Å²) >= 11 is 0. The van der Waals surface area contributed by atoms with Gasteiger partial charge in [-0.2, -0.15) is 13.0 Å². The molecule has 2 aromatic rings. The third-order valence-electron chi connectivity index (χ3n) is 10.9. The average Bonchev–Trinajstić information content (AvgIpc) is 3.68. The van der Waals surface area contributed by atoms with E-state index in [-0.39, 0.29) is 30.6 Å². The Labute approximate surface area is 370 Å². The maximum Gasteiger partial charge on any atom is 0.425 e. The van der Waals surface area contributed by atoms with E-state index < -0.39 is 65.2 Å². The van der Waals surface area contributed by atoms with Gasteiger partial charge in [0.25, 0.3) is 21.9 Å². The molecule has 20 heteroatoms. The quantitative estimate of drug-likeness (QED) is 0.0913. The number of hydrogen-bond donors (Lipinski definition) is 1. The molecular weight excluding hydrogens is 877 g/mol. The first-order valence-electron chi connectivity index (χ1n) is 20.2. The molecule has 1 fully saturated rings. The maximum atomic E-state index is 12.2. The van der Waals surface area contributed by atoms with E-state index in [1.165, 1.54) is 6.07 Å². The van der Waals surface area contributed by atoms with Crippen LogP contribution in [0.25, 0.3) is 0 Å². The van der Waals surface area contributed by atoms with Crippen molar-refractivity contribution >= 4 is 65.7 Å². The number of hydroxylamine groups is 2. The Kier molecular flexibility index (Phi) is 16.9. The van der Waals surface area contributed by atoms with Crippen molar-refractivity contribution in [3.05, 3.63) is 101 Å². The molecule has 2 amide bonds. The lowest BCUT2D eigenvalue weighted by atomic mass is 9.81. The fourth-order valence-corrected chi connectivity index (χ4v) is 8.91. The molecule has 0 bridgehead atoms. The first-order valence-corrected chi connectivity index (χ1v) is 24.3. The molecule has 0 aliphatic carbocycles. The predicted molar refractivity (Wildman–Crippen MR) is 233 cm³/mol. The van der Waals surface area contributed by atoms with Crippen LogP contribution in [0.15, 0.2) is 89.5 Å². The van der Waals surface area contributed by atoms with Crippen LogP contribution in [0.2, 0.25) is 0 Å². The van der Waals surface area contributed by atoms with Crippen molar-refractivity contribution in [3.63, 3.8) is 0 Å². The van der Waals surface area contributed by atoms with E-state index in [1.807, 2.05) is 75.6 Å². The molecule has 1 saturated heterocycles. The van der Waals surface area contributed by atoms with Crippen molar-refractivity contribution in [1.82, 2.24) is 9.96 Å². The summed E-state index contributed by atoms with van der Waals surface area (Å²) in [6.07, 6.45) is 15.2. The van der Waals surface area contributed by atoms with Gasteiger partial charge in [0.15, 0.2) is 5.71 Å². The van der Waals surface area contributed by atoms with Gasteiger partial charge in [-0.3, -0.25) is 14.1 Å². The Balaban J connectivity index is 0.00000209. The second-order valence-corrected chi connectivity index (χ2v) is 19.7. The number of carbonyl (C=O) groups excluding carboxylic acids is 3. The first kappa shape index (κ1) is 50.5. The second kappa shape index (κ2) is 21.0. The summed E-state index contributed by atoms with van der Waals surface area (Å²) < 4.78 is 95.4. The fraction of sp³-hybridized carbons (Fsp3) is 0.442. The Morgan fingerprint density at radius 3 is 2.17 bits per heavy atom. The molecular formula is C43H54N4O13S3. The summed E-state index contributed by atoms with van der Waals surface area (Å²) in [6, 6.07) is 10.9. The number of allylic oxidation sites excluding steroid dienone is 8. The van der Waals surface area contributed by atoms with E-state index >= 15 is 0 Å². The van der Waals surface area contributed by atoms with E-state index in [2.05, 4.69) is 41.2 Å². The highest BCUT2D eigenvalue weighted by molar-refractivity contribution is 7.86. The normalized spacial score (nSPS) is 17.7. The van der Waals surface area contributed by atoms with Gasteiger partial charge in [-0.1, -0.05) is 63.3 Å². The van der Waals surface area contributed by atoms with Crippen molar-refractivity contribution in [2.75, 3.05) is 37.3 Å². The zero-order chi connectivity index (χ0) is 46.9. The van der Waals surface area contributed by atoms with E-state index in [0.717, 1.165) is 52.4 Å². The summed E-state index contributed by atoms with van der Waals surface area (Å²) in [5, 5.41) is 0.558. The van der Waals surface area contributed by atoms with Crippen molar-refractivity contribution in [2.24, 2.45) is 0 Å². The topological polar surface area (TPSA) is 236 Å². The Bertz CT molecular complexity index is 2570. The minimum Gasteiger partial charge on any atom is -0.748 e. The minimum atomic E-state index is -4.39. The average molecular weight is 931 g/mol. The number of benzene rings is 2. The lowest BCUT2D eigenvalue weighted by molar-refractivity contribution is -0.437. The molecule has 0 radical (unpaired) electrons. The highest BCUT2D eigenvalue weighted by atomic mass is 32.2. The van der Waals surface area contributed by atoms with Crippen LogP contribution < -0.4 is 4.90 Å². The molecule has 0 aromatic heterocycles. The lowest BCUT2D eigenvalue weighted by Gasteiger charge is -2.27. The van der Waals surface area contributed by atoms with E-state index in [9.17, 15) is 40.3 Å². The monoisotopic (exact) mass is 930 g/mol. The Hall–Kier alpha value is -5.12. The second-order valence-electron chi connectivity index (χ2n) is 16.3. The highest BCUT2D eigenvalue weighted by Gasteiger charge is 2.45. The lowest BCUT2D eigenvalue weighted by Crippen LogP contribution is -2.32. The van der Waals surface area contributed by atoms with E-state index in [0.29, 0.717) is 31.1 Å². The van der Waals surface area contributed by atoms with Crippen molar-refractivity contribution in [3.8, 4) is 0 Å². The largest absolute Gasteiger partial charge is 0.748 e. The van der Waals surface area contributed by atoms with E-state index in [4.69, 9.17) is 17.5 Å². The minimum absolute atomic E-state index is 0.0412. The molecule has 342 valence electrons. The highest BCUT2D eigenvalue weighted by Crippen LogP contribution is 2.48. The molecule has 1 N–H and O–H groups in total. The zero-order valence-electron chi connectivity index (χ0n) is 36.1. The first-order chi connectivity index (χ1) is 29.4. The van der Waals surface area contributed by atoms with Crippen molar-refractivity contribution < 1.29 is 62.4 Å². The van der Waals surface area contributed by atoms with Gasteiger partial charge < -0.3 is 19.2 Å². The van der Waals surface area contributed by atoms with Crippen LogP contribution in [0.1, 0.15) is 89.8 Å². The fourth-order valence-electron chi connectivity index (χ4n) is 7.92. The van der Waals surface area contributed by atoms with E-state index in [1.54, 1.807) is 12.1 Å². The molecule has 3 heterocycles. The van der Waals surface area contributed by atoms with Gasteiger partial charge in [-0.25, -0.2) is 13.2 Å². The molecule has 0 saturated carbocycles. The number of carbonyl (C=O) groups is 3.